The second-order valence-corrected chi connectivity index (χ2v) is 4.41. The van der Waals surface area contributed by atoms with E-state index in [1.807, 2.05) is 26.0 Å². The van der Waals surface area contributed by atoms with E-state index >= 15 is 0 Å². The first-order valence-corrected chi connectivity index (χ1v) is 5.84. The van der Waals surface area contributed by atoms with Gasteiger partial charge in [-0.2, -0.15) is 0 Å². The quantitative estimate of drug-likeness (QED) is 0.926. The number of nitrogens with zero attached hydrogens (tertiary/aromatic N) is 2. The minimum atomic E-state index is -0.164. The third-order valence-corrected chi connectivity index (χ3v) is 2.67. The van der Waals surface area contributed by atoms with E-state index in [0.717, 1.165) is 11.1 Å². The Bertz CT molecular complexity index is 550. The van der Waals surface area contributed by atoms with E-state index in [0.29, 0.717) is 22.3 Å². The number of aliphatic hydroxyl groups excluding tert-OH is 1. The first kappa shape index (κ1) is 12.8. The predicted octanol–water partition coefficient (Wildman–Crippen LogP) is 3.03. The van der Waals surface area contributed by atoms with E-state index < -0.39 is 0 Å². The lowest BCUT2D eigenvalue weighted by molar-refractivity contribution is 0.274. The van der Waals surface area contributed by atoms with Gasteiger partial charge in [0.25, 0.3) is 0 Å². The van der Waals surface area contributed by atoms with Gasteiger partial charge in [0, 0.05) is 5.02 Å². The average Bonchev–Trinajstić information content (AvgIpc) is 2.34. The zero-order valence-electron chi connectivity index (χ0n) is 10.1. The molecule has 0 spiro atoms. The van der Waals surface area contributed by atoms with E-state index in [1.54, 1.807) is 0 Å². The third-order valence-electron chi connectivity index (χ3n) is 2.46. The van der Waals surface area contributed by atoms with Gasteiger partial charge in [-0.1, -0.05) is 11.6 Å². The molecule has 0 bridgehead atoms. The van der Waals surface area contributed by atoms with E-state index in [1.165, 1.54) is 12.4 Å². The lowest BCUT2D eigenvalue weighted by Crippen LogP contribution is -1.97. The largest absolute Gasteiger partial charge is 0.437 e. The van der Waals surface area contributed by atoms with Gasteiger partial charge in [-0.05, 0) is 37.1 Å². The molecule has 0 atom stereocenters. The van der Waals surface area contributed by atoms with Gasteiger partial charge in [-0.15, -0.1) is 0 Å². The molecule has 1 N–H and O–H groups in total. The van der Waals surface area contributed by atoms with E-state index in [4.69, 9.17) is 21.4 Å². The number of ether oxygens (including phenoxy) is 1. The van der Waals surface area contributed by atoms with Crippen molar-refractivity contribution in [1.29, 1.82) is 0 Å². The van der Waals surface area contributed by atoms with E-state index in [-0.39, 0.29) is 6.61 Å². The van der Waals surface area contributed by atoms with Gasteiger partial charge in [-0.25, -0.2) is 4.98 Å². The van der Waals surface area contributed by atoms with Gasteiger partial charge in [0.1, 0.15) is 5.75 Å². The molecule has 0 saturated carbocycles. The number of aliphatic hydroxyl groups is 1. The molecule has 0 unspecified atom stereocenters. The molecule has 0 aliphatic carbocycles. The molecule has 0 amide bonds. The van der Waals surface area contributed by atoms with Gasteiger partial charge < -0.3 is 9.84 Å². The highest BCUT2D eigenvalue weighted by Crippen LogP contribution is 2.30. The monoisotopic (exact) mass is 264 g/mol. The molecule has 1 heterocycles. The highest BCUT2D eigenvalue weighted by Gasteiger charge is 2.08. The summed E-state index contributed by atoms with van der Waals surface area (Å²) in [6.45, 7) is 3.66. The highest BCUT2D eigenvalue weighted by atomic mass is 35.5. The standard InChI is InChI=1S/C13H13ClN2O2/c1-8-3-10(14)4-9(2)13(8)18-12-6-15-5-11(7-17)16-12/h3-6,17H,7H2,1-2H3. The van der Waals surface area contributed by atoms with Crippen LogP contribution in [0.3, 0.4) is 0 Å². The molecule has 0 saturated heterocycles. The van der Waals surface area contributed by atoms with Crippen LogP contribution in [-0.4, -0.2) is 15.1 Å². The van der Waals surface area contributed by atoms with Crippen molar-refractivity contribution in [2.24, 2.45) is 0 Å². The summed E-state index contributed by atoms with van der Waals surface area (Å²) in [7, 11) is 0. The number of benzene rings is 1. The lowest BCUT2D eigenvalue weighted by atomic mass is 10.1. The molecular weight excluding hydrogens is 252 g/mol. The Balaban J connectivity index is 2.33. The predicted molar refractivity (Wildman–Crippen MR) is 69.0 cm³/mol. The van der Waals surface area contributed by atoms with Crippen molar-refractivity contribution in [2.75, 3.05) is 0 Å². The zero-order valence-corrected chi connectivity index (χ0v) is 10.9. The van der Waals surface area contributed by atoms with E-state index in [9.17, 15) is 0 Å². The van der Waals surface area contributed by atoms with Crippen LogP contribution < -0.4 is 4.74 Å². The molecule has 94 valence electrons. The summed E-state index contributed by atoms with van der Waals surface area (Å²) in [5.41, 5.74) is 2.32. The molecular formula is C13H13ClN2O2. The van der Waals surface area contributed by atoms with Crippen LogP contribution >= 0.6 is 11.6 Å². The van der Waals surface area contributed by atoms with Crippen LogP contribution in [-0.2, 0) is 6.61 Å². The van der Waals surface area contributed by atoms with Crippen molar-refractivity contribution in [3.05, 3.63) is 46.4 Å². The van der Waals surface area contributed by atoms with Crippen molar-refractivity contribution < 1.29 is 9.84 Å². The van der Waals surface area contributed by atoms with Crippen molar-refractivity contribution in [3.63, 3.8) is 0 Å². The summed E-state index contributed by atoms with van der Waals surface area (Å²) in [4.78, 5) is 8.08. The molecule has 5 heteroatoms. The second kappa shape index (κ2) is 5.33. The molecule has 0 radical (unpaired) electrons. The molecule has 0 fully saturated rings. The summed E-state index contributed by atoms with van der Waals surface area (Å²) in [6, 6.07) is 3.65. The number of aryl methyl sites for hydroxylation is 2. The molecule has 0 aliphatic heterocycles. The molecule has 4 nitrogen and oxygen atoms in total. The normalized spacial score (nSPS) is 10.4. The molecule has 18 heavy (non-hydrogen) atoms. The summed E-state index contributed by atoms with van der Waals surface area (Å²) < 4.78 is 5.69. The summed E-state index contributed by atoms with van der Waals surface area (Å²) >= 11 is 5.96. The maximum Gasteiger partial charge on any atom is 0.238 e. The van der Waals surface area contributed by atoms with Crippen LogP contribution in [0.1, 0.15) is 16.8 Å². The fourth-order valence-electron chi connectivity index (χ4n) is 1.67. The fraction of sp³-hybridized carbons (Fsp3) is 0.231. The van der Waals surface area contributed by atoms with Crippen molar-refractivity contribution in [3.8, 4) is 11.6 Å². The third kappa shape index (κ3) is 2.78. The number of aromatic nitrogens is 2. The van der Waals surface area contributed by atoms with Crippen LogP contribution in [0.25, 0.3) is 0 Å². The second-order valence-electron chi connectivity index (χ2n) is 3.98. The first-order chi connectivity index (χ1) is 8.60. The minimum Gasteiger partial charge on any atom is -0.437 e. The first-order valence-electron chi connectivity index (χ1n) is 5.46. The van der Waals surface area contributed by atoms with Crippen LogP contribution in [0, 0.1) is 13.8 Å². The van der Waals surface area contributed by atoms with E-state index in [2.05, 4.69) is 9.97 Å². The topological polar surface area (TPSA) is 55.2 Å². The Morgan fingerprint density at radius 3 is 2.50 bits per heavy atom. The minimum absolute atomic E-state index is 0.164. The van der Waals surface area contributed by atoms with Gasteiger partial charge in [0.2, 0.25) is 5.88 Å². The molecule has 2 aromatic rings. The van der Waals surface area contributed by atoms with Gasteiger partial charge in [-0.3, -0.25) is 4.98 Å². The van der Waals surface area contributed by atoms with Crippen molar-refractivity contribution in [1.82, 2.24) is 9.97 Å². The maximum atomic E-state index is 9.00. The summed E-state index contributed by atoms with van der Waals surface area (Å²) in [5.74, 6) is 1.07. The molecule has 1 aromatic carbocycles. The Hall–Kier alpha value is -1.65. The SMILES string of the molecule is Cc1cc(Cl)cc(C)c1Oc1cncc(CO)n1. The summed E-state index contributed by atoms with van der Waals surface area (Å²) in [6.07, 6.45) is 3.00. The number of rotatable bonds is 3. The van der Waals surface area contributed by atoms with Crippen LogP contribution in [0.4, 0.5) is 0 Å². The average molecular weight is 265 g/mol. The van der Waals surface area contributed by atoms with Crippen molar-refractivity contribution in [2.45, 2.75) is 20.5 Å². The van der Waals surface area contributed by atoms with Crippen molar-refractivity contribution >= 4 is 11.6 Å². The van der Waals surface area contributed by atoms with Gasteiger partial charge in [0.05, 0.1) is 24.7 Å². The zero-order chi connectivity index (χ0) is 13.1. The fourth-order valence-corrected chi connectivity index (χ4v) is 2.00. The highest BCUT2D eigenvalue weighted by molar-refractivity contribution is 6.30. The summed E-state index contributed by atoms with van der Waals surface area (Å²) in [5, 5.41) is 9.67. The Morgan fingerprint density at radius 2 is 1.89 bits per heavy atom. The van der Waals surface area contributed by atoms with Crippen LogP contribution in [0.15, 0.2) is 24.5 Å². The maximum absolute atomic E-state index is 9.00. The smallest absolute Gasteiger partial charge is 0.238 e. The molecule has 1 aromatic heterocycles. The van der Waals surface area contributed by atoms with Gasteiger partial charge >= 0.3 is 0 Å². The Kier molecular flexibility index (Phi) is 3.79. The molecule has 0 aliphatic rings. The lowest BCUT2D eigenvalue weighted by Gasteiger charge is -2.11. The molecule has 2 rings (SSSR count). The van der Waals surface area contributed by atoms with Gasteiger partial charge in [0.15, 0.2) is 0 Å². The number of hydrogen-bond acceptors (Lipinski definition) is 4. The number of hydrogen-bond donors (Lipinski definition) is 1. The number of halogens is 1. The Morgan fingerprint density at radius 1 is 1.22 bits per heavy atom. The van der Waals surface area contributed by atoms with Crippen LogP contribution in [0.5, 0.6) is 11.6 Å². The van der Waals surface area contributed by atoms with Crippen LogP contribution in [0.2, 0.25) is 5.02 Å². The Labute approximate surface area is 110 Å².